The lowest BCUT2D eigenvalue weighted by atomic mass is 10.2. The van der Waals surface area contributed by atoms with E-state index in [2.05, 4.69) is 0 Å². The average Bonchev–Trinajstić information content (AvgIpc) is 2.75. The molecule has 1 saturated heterocycles. The molecule has 0 radical (unpaired) electrons. The van der Waals surface area contributed by atoms with Gasteiger partial charge >= 0.3 is 0 Å². The molecule has 0 unspecified atom stereocenters. The largest absolute Gasteiger partial charge is 0.366 e. The summed E-state index contributed by atoms with van der Waals surface area (Å²) in [4.78, 5) is 12.8. The van der Waals surface area contributed by atoms with Crippen LogP contribution in [-0.4, -0.2) is 32.2 Å². The summed E-state index contributed by atoms with van der Waals surface area (Å²) in [5, 5.41) is 11.3. The van der Waals surface area contributed by atoms with Crippen molar-refractivity contribution in [3.05, 3.63) is 28.3 Å². The quantitative estimate of drug-likeness (QED) is 0.631. The first-order valence-corrected chi connectivity index (χ1v) is 8.87. The molecule has 0 aliphatic carbocycles. The third-order valence-electron chi connectivity index (χ3n) is 3.83. The lowest BCUT2D eigenvalue weighted by Crippen LogP contribution is -2.24. The van der Waals surface area contributed by atoms with E-state index in [9.17, 15) is 18.5 Å². The van der Waals surface area contributed by atoms with E-state index >= 15 is 0 Å². The van der Waals surface area contributed by atoms with Crippen LogP contribution in [0.5, 0.6) is 0 Å². The molecule has 1 aromatic carbocycles. The van der Waals surface area contributed by atoms with Crippen LogP contribution in [0.2, 0.25) is 0 Å². The molecule has 116 valence electrons. The number of rotatable bonds is 4. The van der Waals surface area contributed by atoms with E-state index in [-0.39, 0.29) is 16.3 Å². The van der Waals surface area contributed by atoms with Gasteiger partial charge in [-0.15, -0.1) is 0 Å². The monoisotopic (exact) mass is 312 g/mol. The smallest absolute Gasteiger partial charge is 0.293 e. The summed E-state index contributed by atoms with van der Waals surface area (Å²) in [7, 11) is -3.43. The van der Waals surface area contributed by atoms with Crippen LogP contribution in [0.25, 0.3) is 0 Å². The third kappa shape index (κ3) is 3.53. The summed E-state index contributed by atoms with van der Waals surface area (Å²) in [6, 6.07) is 4.25. The molecule has 2 rings (SSSR count). The van der Waals surface area contributed by atoms with Gasteiger partial charge in [-0.2, -0.15) is 0 Å². The van der Waals surface area contributed by atoms with Gasteiger partial charge in [0.25, 0.3) is 5.69 Å². The van der Waals surface area contributed by atoms with Gasteiger partial charge in [-0.1, -0.05) is 19.8 Å². The van der Waals surface area contributed by atoms with Crippen LogP contribution in [0.1, 0.15) is 32.6 Å². The summed E-state index contributed by atoms with van der Waals surface area (Å²) < 4.78 is 23.8. The van der Waals surface area contributed by atoms with Gasteiger partial charge in [-0.05, 0) is 25.0 Å². The summed E-state index contributed by atoms with van der Waals surface area (Å²) in [6.07, 6.45) is 4.28. The first kappa shape index (κ1) is 15.8. The topological polar surface area (TPSA) is 80.5 Å². The van der Waals surface area contributed by atoms with Crippen molar-refractivity contribution in [1.82, 2.24) is 0 Å². The first-order chi connectivity index (χ1) is 9.95. The molecule has 6 nitrogen and oxygen atoms in total. The van der Waals surface area contributed by atoms with Crippen molar-refractivity contribution in [1.29, 1.82) is 0 Å². The molecule has 0 atom stereocenters. The summed E-state index contributed by atoms with van der Waals surface area (Å²) in [5.41, 5.74) is 0.406. The second kappa shape index (κ2) is 6.43. The van der Waals surface area contributed by atoms with E-state index in [4.69, 9.17) is 0 Å². The van der Waals surface area contributed by atoms with Gasteiger partial charge in [0.2, 0.25) is 0 Å². The highest BCUT2D eigenvalue weighted by Gasteiger charge is 2.24. The van der Waals surface area contributed by atoms with E-state index in [1.54, 1.807) is 6.07 Å². The molecule has 21 heavy (non-hydrogen) atoms. The van der Waals surface area contributed by atoms with Gasteiger partial charge < -0.3 is 4.90 Å². The van der Waals surface area contributed by atoms with Gasteiger partial charge in [0.05, 0.1) is 15.6 Å². The third-order valence-corrected chi connectivity index (χ3v) is 5.56. The maximum Gasteiger partial charge on any atom is 0.293 e. The number of hydrogen-bond donors (Lipinski definition) is 0. The summed E-state index contributed by atoms with van der Waals surface area (Å²) in [5.74, 6) is -0.0623. The zero-order chi connectivity index (χ0) is 15.5. The Morgan fingerprint density at radius 2 is 1.81 bits per heavy atom. The summed E-state index contributed by atoms with van der Waals surface area (Å²) in [6.45, 7) is 3.09. The van der Waals surface area contributed by atoms with Crippen LogP contribution < -0.4 is 4.90 Å². The van der Waals surface area contributed by atoms with Crippen LogP contribution in [0.4, 0.5) is 11.4 Å². The van der Waals surface area contributed by atoms with Crippen molar-refractivity contribution in [2.45, 2.75) is 37.5 Å². The van der Waals surface area contributed by atoms with E-state index in [1.165, 1.54) is 19.1 Å². The molecule has 1 aromatic rings. The molecule has 0 saturated carbocycles. The number of sulfone groups is 1. The molecule has 1 fully saturated rings. The fourth-order valence-electron chi connectivity index (χ4n) is 2.59. The Morgan fingerprint density at radius 3 is 2.33 bits per heavy atom. The second-order valence-electron chi connectivity index (χ2n) is 5.21. The molecule has 1 aliphatic heterocycles. The minimum atomic E-state index is -3.43. The van der Waals surface area contributed by atoms with Crippen LogP contribution in [0, 0.1) is 10.1 Å². The van der Waals surface area contributed by atoms with Crippen molar-refractivity contribution in [2.24, 2.45) is 0 Å². The van der Waals surface area contributed by atoms with E-state index in [0.29, 0.717) is 5.69 Å². The highest BCUT2D eigenvalue weighted by Crippen LogP contribution is 2.32. The number of benzene rings is 1. The van der Waals surface area contributed by atoms with E-state index in [0.717, 1.165) is 38.8 Å². The fourth-order valence-corrected chi connectivity index (χ4v) is 3.49. The highest BCUT2D eigenvalue weighted by atomic mass is 32.2. The number of anilines is 1. The van der Waals surface area contributed by atoms with Gasteiger partial charge in [0.15, 0.2) is 9.84 Å². The molecule has 0 aromatic heterocycles. The maximum absolute atomic E-state index is 11.9. The standard InChI is InChI=1S/C14H20N2O4S/c1-2-21(19,20)12-7-8-13(14(11-12)16(17)18)15-9-5-3-4-6-10-15/h7-8,11H,2-6,9-10H2,1H3. The Kier molecular flexibility index (Phi) is 4.82. The zero-order valence-electron chi connectivity index (χ0n) is 12.1. The molecule has 0 amide bonds. The van der Waals surface area contributed by atoms with Crippen molar-refractivity contribution in [2.75, 3.05) is 23.7 Å². The summed E-state index contributed by atoms with van der Waals surface area (Å²) >= 11 is 0. The Balaban J connectivity index is 2.44. The van der Waals surface area contributed by atoms with Crippen LogP contribution >= 0.6 is 0 Å². The number of nitro groups is 1. The number of hydrogen-bond acceptors (Lipinski definition) is 5. The van der Waals surface area contributed by atoms with E-state index < -0.39 is 14.8 Å². The Hall–Kier alpha value is -1.63. The second-order valence-corrected chi connectivity index (χ2v) is 7.49. The number of nitrogens with zero attached hydrogens (tertiary/aromatic N) is 2. The molecule has 0 N–H and O–H groups in total. The Labute approximate surface area is 124 Å². The molecule has 0 spiro atoms. The number of nitro benzene ring substituents is 1. The molecule has 1 aliphatic rings. The average molecular weight is 312 g/mol. The lowest BCUT2D eigenvalue weighted by molar-refractivity contribution is -0.384. The van der Waals surface area contributed by atoms with Crippen molar-refractivity contribution in [3.8, 4) is 0 Å². The lowest BCUT2D eigenvalue weighted by Gasteiger charge is -2.22. The molecular formula is C14H20N2O4S. The van der Waals surface area contributed by atoms with Crippen molar-refractivity contribution in [3.63, 3.8) is 0 Å². The van der Waals surface area contributed by atoms with Gasteiger partial charge in [0.1, 0.15) is 5.69 Å². The predicted molar refractivity (Wildman–Crippen MR) is 81.5 cm³/mol. The molecule has 1 heterocycles. The highest BCUT2D eigenvalue weighted by molar-refractivity contribution is 7.91. The normalized spacial score (nSPS) is 16.5. The van der Waals surface area contributed by atoms with Crippen LogP contribution in [0.15, 0.2) is 23.1 Å². The minimum absolute atomic E-state index is 0.0234. The van der Waals surface area contributed by atoms with Crippen molar-refractivity contribution < 1.29 is 13.3 Å². The Morgan fingerprint density at radius 1 is 1.19 bits per heavy atom. The predicted octanol–water partition coefficient (Wildman–Crippen LogP) is 2.77. The molecular weight excluding hydrogens is 292 g/mol. The Bertz CT molecular complexity index is 620. The van der Waals surface area contributed by atoms with Crippen molar-refractivity contribution >= 4 is 21.2 Å². The van der Waals surface area contributed by atoms with Crippen LogP contribution in [0.3, 0.4) is 0 Å². The maximum atomic E-state index is 11.9. The van der Waals surface area contributed by atoms with Gasteiger partial charge in [0, 0.05) is 19.2 Å². The van der Waals surface area contributed by atoms with E-state index in [1.807, 2.05) is 4.90 Å². The first-order valence-electron chi connectivity index (χ1n) is 7.22. The SMILES string of the molecule is CCS(=O)(=O)c1ccc(N2CCCCCC2)c([N+](=O)[O-])c1. The van der Waals surface area contributed by atoms with Gasteiger partial charge in [-0.3, -0.25) is 10.1 Å². The molecule has 0 bridgehead atoms. The van der Waals surface area contributed by atoms with Gasteiger partial charge in [-0.25, -0.2) is 8.42 Å². The fraction of sp³-hybridized carbons (Fsp3) is 0.571. The minimum Gasteiger partial charge on any atom is -0.366 e. The molecule has 7 heteroatoms. The zero-order valence-corrected chi connectivity index (χ0v) is 12.9. The van der Waals surface area contributed by atoms with Crippen LogP contribution in [-0.2, 0) is 9.84 Å².